The summed E-state index contributed by atoms with van der Waals surface area (Å²) in [5, 5.41) is 0. The van der Waals surface area contributed by atoms with Crippen molar-refractivity contribution in [2.45, 2.75) is 13.7 Å². The van der Waals surface area contributed by atoms with Crippen LogP contribution in [-0.4, -0.2) is 24.5 Å². The van der Waals surface area contributed by atoms with E-state index in [-0.39, 0.29) is 27.2 Å². The van der Waals surface area contributed by atoms with E-state index < -0.39 is 5.69 Å². The maximum absolute atomic E-state index is 12.3. The maximum atomic E-state index is 12.3. The van der Waals surface area contributed by atoms with Gasteiger partial charge in [-0.3, -0.25) is 0 Å². The van der Waals surface area contributed by atoms with E-state index in [2.05, 4.69) is 4.98 Å². The Bertz CT molecular complexity index is 1010. The van der Waals surface area contributed by atoms with Crippen molar-refractivity contribution in [3.8, 4) is 0 Å². The van der Waals surface area contributed by atoms with Crippen LogP contribution in [0.3, 0.4) is 0 Å². The molecule has 0 aliphatic rings. The molecule has 0 atom stereocenters. The molecular weight excluding hydrogens is 395 g/mol. The zero-order valence-corrected chi connectivity index (χ0v) is 15.9. The minimum absolute atomic E-state index is 0.0453. The summed E-state index contributed by atoms with van der Waals surface area (Å²) in [4.78, 5) is 26.6. The van der Waals surface area contributed by atoms with Crippen LogP contribution in [0.1, 0.15) is 11.1 Å². The van der Waals surface area contributed by atoms with Gasteiger partial charge in [0.1, 0.15) is 0 Å². The fraction of sp³-hybridized carbons (Fsp3) is 0.100. The molecule has 0 unspecified atom stereocenters. The summed E-state index contributed by atoms with van der Waals surface area (Å²) >= 11 is -0.175. The molecule has 0 aliphatic carbocycles. The van der Waals surface area contributed by atoms with Crippen LogP contribution in [-0.2, 0) is 11.5 Å². The SMILES string of the molecule is Cc1c([Se]c2ccccc2)n(COC=Cc2ccccc2)c(=O)[nH]c1=O. The van der Waals surface area contributed by atoms with E-state index in [1.165, 1.54) is 4.57 Å². The third kappa shape index (κ3) is 4.42. The van der Waals surface area contributed by atoms with Gasteiger partial charge in [0.05, 0.1) is 0 Å². The molecule has 0 bridgehead atoms. The second kappa shape index (κ2) is 8.52. The van der Waals surface area contributed by atoms with Crippen LogP contribution in [0.5, 0.6) is 0 Å². The molecule has 26 heavy (non-hydrogen) atoms. The first-order valence-electron chi connectivity index (χ1n) is 8.05. The first-order valence-corrected chi connectivity index (χ1v) is 9.76. The van der Waals surface area contributed by atoms with Gasteiger partial charge in [0, 0.05) is 0 Å². The number of hydrogen-bond acceptors (Lipinski definition) is 3. The summed E-state index contributed by atoms with van der Waals surface area (Å²) < 4.78 is 8.83. The quantitative estimate of drug-likeness (QED) is 0.487. The standard InChI is InChI=1S/C20H18N2O3Se/c1-15-18(23)21-20(24)22(19(15)26-17-10-6-3-7-11-17)14-25-13-12-16-8-4-2-5-9-16/h2-13H,14H2,1H3,(H,21,23,24). The van der Waals surface area contributed by atoms with Gasteiger partial charge in [0.25, 0.3) is 0 Å². The van der Waals surface area contributed by atoms with Crippen LogP contribution < -0.4 is 20.3 Å². The van der Waals surface area contributed by atoms with Gasteiger partial charge >= 0.3 is 157 Å². The molecule has 0 saturated carbocycles. The van der Waals surface area contributed by atoms with Crippen molar-refractivity contribution >= 4 is 30.1 Å². The van der Waals surface area contributed by atoms with E-state index in [0.717, 1.165) is 10.0 Å². The molecule has 0 radical (unpaired) electrons. The Balaban J connectivity index is 1.84. The van der Waals surface area contributed by atoms with E-state index in [1.807, 2.05) is 66.7 Å². The normalized spacial score (nSPS) is 11.0. The molecule has 1 heterocycles. The number of aromatic amines is 1. The first-order chi connectivity index (χ1) is 12.6. The van der Waals surface area contributed by atoms with Crippen LogP contribution in [0.15, 0.2) is 76.5 Å². The number of aromatic nitrogens is 2. The Kier molecular flexibility index (Phi) is 5.89. The Labute approximate surface area is 157 Å². The third-order valence-electron chi connectivity index (χ3n) is 3.69. The molecule has 5 nitrogen and oxygen atoms in total. The first kappa shape index (κ1) is 18.0. The molecule has 3 rings (SSSR count). The Morgan fingerprint density at radius 2 is 1.69 bits per heavy atom. The molecule has 2 aromatic carbocycles. The molecule has 0 aliphatic heterocycles. The molecule has 0 fully saturated rings. The molecule has 6 heteroatoms. The Morgan fingerprint density at radius 1 is 1.04 bits per heavy atom. The summed E-state index contributed by atoms with van der Waals surface area (Å²) in [7, 11) is 0. The number of hydrogen-bond donors (Lipinski definition) is 1. The van der Waals surface area contributed by atoms with Crippen molar-refractivity contribution in [3.63, 3.8) is 0 Å². The average Bonchev–Trinajstić information content (AvgIpc) is 2.66. The second-order valence-electron chi connectivity index (χ2n) is 5.54. The van der Waals surface area contributed by atoms with Crippen molar-refractivity contribution < 1.29 is 4.74 Å². The van der Waals surface area contributed by atoms with Gasteiger partial charge in [0.15, 0.2) is 0 Å². The van der Waals surface area contributed by atoms with E-state index in [9.17, 15) is 9.59 Å². The average molecular weight is 413 g/mol. The molecule has 132 valence electrons. The summed E-state index contributed by atoms with van der Waals surface area (Å²) in [6.07, 6.45) is 3.38. The van der Waals surface area contributed by atoms with Crippen LogP contribution in [0.2, 0.25) is 0 Å². The van der Waals surface area contributed by atoms with Gasteiger partial charge < -0.3 is 0 Å². The van der Waals surface area contributed by atoms with Gasteiger partial charge in [-0.05, 0) is 0 Å². The molecule has 0 amide bonds. The predicted octanol–water partition coefficient (Wildman–Crippen LogP) is 1.15. The zero-order valence-electron chi connectivity index (χ0n) is 14.2. The van der Waals surface area contributed by atoms with Crippen LogP contribution in [0.4, 0.5) is 0 Å². The molecule has 0 spiro atoms. The van der Waals surface area contributed by atoms with Crippen molar-refractivity contribution in [3.05, 3.63) is 98.9 Å². The number of ether oxygens (including phenoxy) is 1. The topological polar surface area (TPSA) is 64.1 Å². The van der Waals surface area contributed by atoms with Crippen LogP contribution in [0, 0.1) is 6.92 Å². The van der Waals surface area contributed by atoms with Crippen molar-refractivity contribution in [1.82, 2.24) is 9.55 Å². The fourth-order valence-corrected chi connectivity index (χ4v) is 4.42. The minimum atomic E-state index is -0.457. The number of nitrogens with one attached hydrogen (secondary N) is 1. The fourth-order valence-electron chi connectivity index (χ4n) is 2.31. The van der Waals surface area contributed by atoms with Crippen molar-refractivity contribution in [2.75, 3.05) is 0 Å². The van der Waals surface area contributed by atoms with Gasteiger partial charge in [-0.25, -0.2) is 0 Å². The van der Waals surface area contributed by atoms with Gasteiger partial charge in [-0.2, -0.15) is 0 Å². The number of H-pyrrole nitrogens is 1. The molecule has 3 aromatic rings. The van der Waals surface area contributed by atoms with E-state index in [1.54, 1.807) is 13.2 Å². The number of nitrogens with zero attached hydrogens (tertiary/aromatic N) is 1. The van der Waals surface area contributed by atoms with Crippen LogP contribution >= 0.6 is 0 Å². The van der Waals surface area contributed by atoms with E-state index in [4.69, 9.17) is 4.74 Å². The van der Waals surface area contributed by atoms with Crippen molar-refractivity contribution in [1.29, 1.82) is 0 Å². The molecular formula is C20H18N2O3Se. The molecule has 1 aromatic heterocycles. The predicted molar refractivity (Wildman–Crippen MR) is 104 cm³/mol. The third-order valence-corrected chi connectivity index (χ3v) is 6.27. The Morgan fingerprint density at radius 3 is 2.38 bits per heavy atom. The van der Waals surface area contributed by atoms with Gasteiger partial charge in [-0.15, -0.1) is 0 Å². The van der Waals surface area contributed by atoms with Crippen LogP contribution in [0.25, 0.3) is 6.08 Å². The zero-order chi connectivity index (χ0) is 18.4. The van der Waals surface area contributed by atoms with Gasteiger partial charge in [-0.1, -0.05) is 0 Å². The Hall–Kier alpha value is -2.82. The summed E-state index contributed by atoms with van der Waals surface area (Å²) in [6, 6.07) is 19.6. The van der Waals surface area contributed by atoms with E-state index >= 15 is 0 Å². The molecule has 0 saturated heterocycles. The van der Waals surface area contributed by atoms with Crippen molar-refractivity contribution in [2.24, 2.45) is 0 Å². The van der Waals surface area contributed by atoms with Gasteiger partial charge in [0.2, 0.25) is 0 Å². The number of benzene rings is 2. The monoisotopic (exact) mass is 414 g/mol. The summed E-state index contributed by atoms with van der Waals surface area (Å²) in [6.45, 7) is 1.78. The second-order valence-corrected chi connectivity index (χ2v) is 7.77. The summed E-state index contributed by atoms with van der Waals surface area (Å²) in [5.41, 5.74) is 0.746. The van der Waals surface area contributed by atoms with E-state index in [0.29, 0.717) is 10.2 Å². The summed E-state index contributed by atoms with van der Waals surface area (Å²) in [5.74, 6) is 0. The molecule has 1 N–H and O–H groups in total. The number of rotatable bonds is 6.